The van der Waals surface area contributed by atoms with Crippen LogP contribution in [0.1, 0.15) is 23.1 Å². The quantitative estimate of drug-likeness (QED) is 0.565. The fourth-order valence-corrected chi connectivity index (χ4v) is 3.67. The molecular weight excluding hydrogens is 388 g/mol. The van der Waals surface area contributed by atoms with Gasteiger partial charge in [0.25, 0.3) is 0 Å². The Kier molecular flexibility index (Phi) is 6.66. The zero-order valence-corrected chi connectivity index (χ0v) is 17.2. The first-order chi connectivity index (χ1) is 13.9. The summed E-state index contributed by atoms with van der Waals surface area (Å²) in [7, 11) is 1.60. The van der Waals surface area contributed by atoms with E-state index in [0.29, 0.717) is 5.17 Å². The van der Waals surface area contributed by atoms with Gasteiger partial charge >= 0.3 is 0 Å². The third kappa shape index (κ3) is 5.68. The van der Waals surface area contributed by atoms with Gasteiger partial charge in [-0.05, 0) is 55.3 Å². The number of aryl methyl sites for hydroxylation is 2. The molecule has 1 heterocycles. The molecule has 29 heavy (non-hydrogen) atoms. The lowest BCUT2D eigenvalue weighted by atomic mass is 10.1. The second-order valence-corrected chi connectivity index (χ2v) is 7.78. The van der Waals surface area contributed by atoms with Crippen LogP contribution in [0.15, 0.2) is 52.7 Å². The van der Waals surface area contributed by atoms with Gasteiger partial charge in [0, 0.05) is 12.1 Å². The monoisotopic (exact) mass is 410 g/mol. The van der Waals surface area contributed by atoms with Crippen LogP contribution in [0, 0.1) is 13.8 Å². The minimum absolute atomic E-state index is 0.0605. The number of nitrogens with one attached hydrogen (secondary N) is 2. The molecule has 2 N–H and O–H groups in total. The Balaban J connectivity index is 1.55. The maximum absolute atomic E-state index is 12.3. The number of methoxy groups -OCH3 is 1. The minimum Gasteiger partial charge on any atom is -0.497 e. The highest BCUT2D eigenvalue weighted by atomic mass is 32.2. The number of ether oxygens (including phenoxy) is 1. The summed E-state index contributed by atoms with van der Waals surface area (Å²) in [6, 6.07) is 13.1. The largest absolute Gasteiger partial charge is 0.497 e. The van der Waals surface area contributed by atoms with Gasteiger partial charge in [0.15, 0.2) is 5.17 Å². The highest BCUT2D eigenvalue weighted by Gasteiger charge is 2.32. The van der Waals surface area contributed by atoms with Crippen molar-refractivity contribution in [1.82, 2.24) is 5.32 Å². The number of carbonyl (C=O) groups is 2. The first-order valence-corrected chi connectivity index (χ1v) is 9.92. The Morgan fingerprint density at radius 3 is 2.69 bits per heavy atom. The molecule has 1 atom stereocenters. The topological polar surface area (TPSA) is 92.2 Å². The van der Waals surface area contributed by atoms with Crippen LogP contribution in [-0.2, 0) is 9.59 Å². The molecule has 0 saturated carbocycles. The normalized spacial score (nSPS) is 17.6. The zero-order valence-electron chi connectivity index (χ0n) is 16.4. The molecule has 8 heteroatoms. The van der Waals surface area contributed by atoms with Gasteiger partial charge in [-0.25, -0.2) is 0 Å². The average Bonchev–Trinajstić information content (AvgIpc) is 3.03. The van der Waals surface area contributed by atoms with E-state index in [9.17, 15) is 9.59 Å². The lowest BCUT2D eigenvalue weighted by Crippen LogP contribution is -2.28. The molecule has 1 aliphatic heterocycles. The number of carbonyl (C=O) groups excluding carboxylic acids is 2. The van der Waals surface area contributed by atoms with Crippen LogP contribution in [0.2, 0.25) is 0 Å². The Morgan fingerprint density at radius 2 is 2.00 bits per heavy atom. The summed E-state index contributed by atoms with van der Waals surface area (Å²) in [5.74, 6) is 0.297. The predicted octanol–water partition coefficient (Wildman–Crippen LogP) is 3.26. The van der Waals surface area contributed by atoms with Crippen molar-refractivity contribution in [3.8, 4) is 5.75 Å². The lowest BCUT2D eigenvalue weighted by molar-refractivity contribution is -0.122. The lowest BCUT2D eigenvalue weighted by Gasteiger charge is -2.10. The maximum atomic E-state index is 12.3. The standard InChI is InChI=1S/C21H22N4O3S/c1-13-4-9-17(14(2)10-13)23-19(26)11-18-20(27)24-21(29-18)25-22-12-15-5-7-16(28-3)8-6-15/h4-10,12,18H,11H2,1-3H3,(H,23,26)(H,24,25,27)/b22-12-/t18-/m0/s1. The average molecular weight is 410 g/mol. The maximum Gasteiger partial charge on any atom is 0.240 e. The summed E-state index contributed by atoms with van der Waals surface area (Å²) in [6.07, 6.45) is 1.64. The summed E-state index contributed by atoms with van der Waals surface area (Å²) in [4.78, 5) is 24.5. The van der Waals surface area contributed by atoms with Crippen molar-refractivity contribution >= 4 is 40.6 Å². The molecule has 1 aliphatic rings. The Morgan fingerprint density at radius 1 is 1.24 bits per heavy atom. The van der Waals surface area contributed by atoms with E-state index in [-0.39, 0.29) is 18.2 Å². The number of anilines is 1. The van der Waals surface area contributed by atoms with Gasteiger partial charge < -0.3 is 15.4 Å². The third-order valence-corrected chi connectivity index (χ3v) is 5.35. The summed E-state index contributed by atoms with van der Waals surface area (Å²) in [6.45, 7) is 3.93. The van der Waals surface area contributed by atoms with E-state index in [0.717, 1.165) is 28.1 Å². The smallest absolute Gasteiger partial charge is 0.240 e. The van der Waals surface area contributed by atoms with Crippen molar-refractivity contribution in [2.75, 3.05) is 12.4 Å². The van der Waals surface area contributed by atoms with E-state index < -0.39 is 5.25 Å². The summed E-state index contributed by atoms with van der Waals surface area (Å²) in [5.41, 5.74) is 3.72. The molecule has 2 amide bonds. The number of rotatable bonds is 6. The summed E-state index contributed by atoms with van der Waals surface area (Å²) >= 11 is 1.20. The van der Waals surface area contributed by atoms with Crippen molar-refractivity contribution < 1.29 is 14.3 Å². The Labute approximate surface area is 173 Å². The van der Waals surface area contributed by atoms with Crippen LogP contribution in [0.4, 0.5) is 5.69 Å². The number of thioether (sulfide) groups is 1. The van der Waals surface area contributed by atoms with E-state index in [1.54, 1.807) is 13.3 Å². The first-order valence-electron chi connectivity index (χ1n) is 9.04. The molecule has 2 aromatic carbocycles. The van der Waals surface area contributed by atoms with Gasteiger partial charge in [0.1, 0.15) is 11.0 Å². The van der Waals surface area contributed by atoms with Crippen LogP contribution >= 0.6 is 11.8 Å². The zero-order chi connectivity index (χ0) is 20.8. The van der Waals surface area contributed by atoms with Gasteiger partial charge in [-0.15, -0.1) is 5.10 Å². The fraction of sp³-hybridized carbons (Fsp3) is 0.238. The molecule has 0 aromatic heterocycles. The van der Waals surface area contributed by atoms with Crippen molar-refractivity contribution in [1.29, 1.82) is 0 Å². The molecule has 0 unspecified atom stereocenters. The van der Waals surface area contributed by atoms with E-state index in [1.807, 2.05) is 56.3 Å². The highest BCUT2D eigenvalue weighted by molar-refractivity contribution is 8.15. The van der Waals surface area contributed by atoms with Crippen molar-refractivity contribution in [3.63, 3.8) is 0 Å². The van der Waals surface area contributed by atoms with Gasteiger partial charge in [-0.3, -0.25) is 9.59 Å². The second kappa shape index (κ2) is 9.38. The molecule has 150 valence electrons. The van der Waals surface area contributed by atoms with Gasteiger partial charge in [0.2, 0.25) is 11.8 Å². The molecule has 0 aliphatic carbocycles. The third-order valence-electron chi connectivity index (χ3n) is 4.27. The summed E-state index contributed by atoms with van der Waals surface area (Å²) < 4.78 is 5.10. The van der Waals surface area contributed by atoms with E-state index in [2.05, 4.69) is 20.8 Å². The number of amides is 2. The second-order valence-electron chi connectivity index (χ2n) is 6.59. The molecule has 0 radical (unpaired) electrons. The molecule has 1 fully saturated rings. The summed E-state index contributed by atoms with van der Waals surface area (Å²) in [5, 5.41) is 13.4. The van der Waals surface area contributed by atoms with E-state index in [1.165, 1.54) is 11.8 Å². The van der Waals surface area contributed by atoms with Crippen LogP contribution in [0.5, 0.6) is 5.75 Å². The fourth-order valence-electron chi connectivity index (χ4n) is 2.75. The molecular formula is C21H22N4O3S. The minimum atomic E-state index is -0.532. The van der Waals surface area contributed by atoms with E-state index in [4.69, 9.17) is 4.74 Å². The Bertz CT molecular complexity index is 970. The van der Waals surface area contributed by atoms with Crippen molar-refractivity contribution in [2.24, 2.45) is 10.2 Å². The van der Waals surface area contributed by atoms with Crippen LogP contribution in [0.25, 0.3) is 0 Å². The van der Waals surface area contributed by atoms with Crippen LogP contribution < -0.4 is 15.4 Å². The van der Waals surface area contributed by atoms with Gasteiger partial charge in [0.05, 0.1) is 13.3 Å². The molecule has 7 nitrogen and oxygen atoms in total. The number of benzene rings is 2. The van der Waals surface area contributed by atoms with Gasteiger partial charge in [-0.2, -0.15) is 5.10 Å². The van der Waals surface area contributed by atoms with Crippen LogP contribution in [0.3, 0.4) is 0 Å². The number of nitrogens with zero attached hydrogens (tertiary/aromatic N) is 2. The molecule has 3 rings (SSSR count). The van der Waals surface area contributed by atoms with Crippen molar-refractivity contribution in [3.05, 3.63) is 59.2 Å². The van der Waals surface area contributed by atoms with Crippen molar-refractivity contribution in [2.45, 2.75) is 25.5 Å². The molecule has 0 spiro atoms. The number of amidine groups is 1. The molecule has 2 aromatic rings. The SMILES string of the molecule is COc1ccc(/C=N\N=C2/NC(=O)[C@H](CC(=O)Nc3ccc(C)cc3C)S2)cc1. The first kappa shape index (κ1) is 20.6. The number of hydrogen-bond acceptors (Lipinski definition) is 6. The predicted molar refractivity (Wildman–Crippen MR) is 117 cm³/mol. The van der Waals surface area contributed by atoms with Gasteiger partial charge in [-0.1, -0.05) is 29.5 Å². The molecule has 1 saturated heterocycles. The highest BCUT2D eigenvalue weighted by Crippen LogP contribution is 2.24. The Hall–Kier alpha value is -3.13. The number of hydrogen-bond donors (Lipinski definition) is 2. The van der Waals surface area contributed by atoms with E-state index >= 15 is 0 Å². The van der Waals surface area contributed by atoms with Crippen LogP contribution in [-0.4, -0.2) is 35.6 Å². The molecule has 0 bridgehead atoms.